The van der Waals surface area contributed by atoms with Gasteiger partial charge in [-0.1, -0.05) is 20.3 Å². The van der Waals surface area contributed by atoms with Crippen LogP contribution in [0.3, 0.4) is 0 Å². The number of primary amides is 1. The van der Waals surface area contributed by atoms with E-state index in [0.717, 1.165) is 6.42 Å². The maximum absolute atomic E-state index is 11.5. The van der Waals surface area contributed by atoms with Crippen molar-refractivity contribution in [3.63, 3.8) is 0 Å². The van der Waals surface area contributed by atoms with Gasteiger partial charge in [0.15, 0.2) is 0 Å². The van der Waals surface area contributed by atoms with Gasteiger partial charge in [-0.15, -0.1) is 0 Å². The highest BCUT2D eigenvalue weighted by Crippen LogP contribution is 2.27. The van der Waals surface area contributed by atoms with Gasteiger partial charge in [-0.25, -0.2) is 0 Å². The zero-order valence-electron chi connectivity index (χ0n) is 8.25. The molecule has 4 nitrogen and oxygen atoms in total. The molecule has 0 spiro atoms. The Kier molecular flexibility index (Phi) is 7.45. The molecule has 3 atom stereocenters. The van der Waals surface area contributed by atoms with E-state index in [2.05, 4.69) is 0 Å². The fourth-order valence-electron chi connectivity index (χ4n) is 1.19. The van der Waals surface area contributed by atoms with Gasteiger partial charge in [0.1, 0.15) is 6.45 Å². The molecule has 0 aliphatic rings. The Hall–Kier alpha value is 0.1000. The van der Waals surface area contributed by atoms with Crippen molar-refractivity contribution in [2.75, 3.05) is 0 Å². The second-order valence-corrected chi connectivity index (χ2v) is 4.76. The normalized spacial score (nSPS) is 15.4. The van der Waals surface area contributed by atoms with E-state index in [1.54, 1.807) is 6.92 Å². The molecule has 3 unspecified atom stereocenters. The van der Waals surface area contributed by atoms with E-state index >= 15 is 0 Å². The van der Waals surface area contributed by atoms with Crippen LogP contribution in [0.15, 0.2) is 0 Å². The molecule has 1 amide bonds. The van der Waals surface area contributed by atoms with E-state index in [9.17, 15) is 9.59 Å². The van der Waals surface area contributed by atoms with Crippen molar-refractivity contribution >= 4 is 40.4 Å². The Balaban J connectivity index is 4.41. The first-order valence-corrected chi connectivity index (χ1v) is 8.42. The molecule has 2 N–H and O–H groups in total. The van der Waals surface area contributed by atoms with Crippen LogP contribution in [0.25, 0.3) is 0 Å². The molecule has 0 aliphatic carbocycles. The molecule has 0 fully saturated rings. The molecule has 0 aromatic carbocycles. The molecule has 0 rings (SSSR count). The third-order valence-electron chi connectivity index (χ3n) is 2.09. The van der Waals surface area contributed by atoms with Gasteiger partial charge in [-0.2, -0.15) is 0 Å². The number of amides is 1. The quantitative estimate of drug-likeness (QED) is 0.598. The molecule has 82 valence electrons. The molecule has 14 heavy (non-hydrogen) atoms. The summed E-state index contributed by atoms with van der Waals surface area (Å²) in [4.78, 5) is 22.4. The molecule has 0 radical (unpaired) electrons. The number of hydrogen-bond donors (Lipinski definition) is 1. The predicted octanol–water partition coefficient (Wildman–Crippen LogP) is 2.01. The summed E-state index contributed by atoms with van der Waals surface area (Å²) in [5.41, 5.74) is 5.15. The Morgan fingerprint density at radius 1 is 1.57 bits per heavy atom. The average Bonchev–Trinajstić information content (AvgIpc) is 2.13. The fourth-order valence-corrected chi connectivity index (χ4v) is 2.07. The maximum Gasteiger partial charge on any atom is 0.312 e. The van der Waals surface area contributed by atoms with Crippen LogP contribution in [0.1, 0.15) is 26.7 Å². The van der Waals surface area contributed by atoms with Crippen molar-refractivity contribution in [3.05, 3.63) is 0 Å². The summed E-state index contributed by atoms with van der Waals surface area (Å²) < 4.78 is 4.90. The summed E-state index contributed by atoms with van der Waals surface area (Å²) in [7, 11) is 0. The minimum absolute atomic E-state index is 0.0900. The van der Waals surface area contributed by atoms with Crippen LogP contribution in [0.2, 0.25) is 0 Å². The highest BCUT2D eigenvalue weighted by atomic mass is 127. The van der Waals surface area contributed by atoms with Crippen molar-refractivity contribution in [3.8, 4) is 0 Å². The van der Waals surface area contributed by atoms with Crippen LogP contribution in [-0.4, -0.2) is 11.9 Å². The van der Waals surface area contributed by atoms with Gasteiger partial charge in [-0.05, 0) is 28.5 Å². The molecule has 0 saturated carbocycles. The molecule has 0 aliphatic heterocycles. The van der Waals surface area contributed by atoms with Crippen molar-refractivity contribution in [2.45, 2.75) is 26.7 Å². The summed E-state index contributed by atoms with van der Waals surface area (Å²) >= 11 is 1.97. The van der Waals surface area contributed by atoms with Gasteiger partial charge in [0.25, 0.3) is 0 Å². The highest BCUT2D eigenvalue weighted by Gasteiger charge is 2.29. The highest BCUT2D eigenvalue weighted by molar-refractivity contribution is 14.2. The monoisotopic (exact) mass is 331 g/mol. The summed E-state index contributed by atoms with van der Waals surface area (Å²) in [6.45, 7) is 3.72. The molecular weight excluding hydrogens is 316 g/mol. The van der Waals surface area contributed by atoms with Gasteiger partial charge in [0.05, 0.1) is 5.92 Å². The molecule has 0 aromatic heterocycles. The second kappa shape index (κ2) is 7.40. The van der Waals surface area contributed by atoms with Gasteiger partial charge in [0, 0.05) is 5.92 Å². The Bertz CT molecular complexity index is 213. The van der Waals surface area contributed by atoms with E-state index in [4.69, 9.17) is 10.3 Å². The summed E-state index contributed by atoms with van der Waals surface area (Å²) in [5.74, 6) is -1.60. The van der Waals surface area contributed by atoms with E-state index in [1.807, 2.05) is 29.0 Å². The largest absolute Gasteiger partial charge is 0.437 e. The lowest BCUT2D eigenvalue weighted by Crippen LogP contribution is -2.32. The van der Waals surface area contributed by atoms with E-state index < -0.39 is 11.8 Å². The fraction of sp³-hybridized carbons (Fsp3) is 0.750. The number of hydrogen-bond acceptors (Lipinski definition) is 3. The third kappa shape index (κ3) is 4.55. The number of carbonyl (C=O) groups excluding carboxylic acids is 2. The number of halogens is 1. The first-order chi connectivity index (χ1) is 6.54. The zero-order chi connectivity index (χ0) is 11.1. The molecule has 0 heterocycles. The third-order valence-corrected chi connectivity index (χ3v) is 3.03. The first-order valence-electron chi connectivity index (χ1n) is 4.40. The van der Waals surface area contributed by atoms with Gasteiger partial charge in [0.2, 0.25) is 5.91 Å². The average molecular weight is 331 g/mol. The van der Waals surface area contributed by atoms with Crippen LogP contribution in [0, 0.1) is 11.8 Å². The topological polar surface area (TPSA) is 69.4 Å². The molecule has 0 bridgehead atoms. The Morgan fingerprint density at radius 3 is 2.50 bits per heavy atom. The SMILES string of the molecule is CCCC(C(=O)OPI)C(C)C(N)=O. The van der Waals surface area contributed by atoms with Crippen molar-refractivity contribution < 1.29 is 14.1 Å². The number of rotatable bonds is 6. The second-order valence-electron chi connectivity index (χ2n) is 3.08. The van der Waals surface area contributed by atoms with Gasteiger partial charge >= 0.3 is 5.97 Å². The predicted molar refractivity (Wildman–Crippen MR) is 65.2 cm³/mol. The van der Waals surface area contributed by atoms with Crippen LogP contribution in [0.5, 0.6) is 0 Å². The summed E-state index contributed by atoms with van der Waals surface area (Å²) in [5, 5.41) is 0. The van der Waals surface area contributed by atoms with Crippen LogP contribution >= 0.6 is 28.5 Å². The lowest BCUT2D eigenvalue weighted by molar-refractivity contribution is -0.143. The molecule has 0 saturated heterocycles. The molecule has 0 aromatic rings. The standard InChI is InChI=1S/C8H15INO3P/c1-3-4-6(5(2)7(10)11)8(12)13-14-9/h5-6,14H,3-4H2,1-2H3,(H2,10,11). The smallest absolute Gasteiger partial charge is 0.312 e. The minimum atomic E-state index is -0.449. The van der Waals surface area contributed by atoms with Crippen LogP contribution < -0.4 is 5.73 Å². The van der Waals surface area contributed by atoms with E-state index in [1.165, 1.54) is 0 Å². The lowest BCUT2D eigenvalue weighted by atomic mass is 9.89. The van der Waals surface area contributed by atoms with E-state index in [0.29, 0.717) is 6.42 Å². The van der Waals surface area contributed by atoms with Crippen molar-refractivity contribution in [1.82, 2.24) is 0 Å². The van der Waals surface area contributed by atoms with Crippen molar-refractivity contribution in [2.24, 2.45) is 17.6 Å². The van der Waals surface area contributed by atoms with Crippen LogP contribution in [0.4, 0.5) is 0 Å². The summed E-state index contributed by atoms with van der Waals surface area (Å²) in [6.07, 6.45) is 1.48. The zero-order valence-corrected chi connectivity index (χ0v) is 11.4. The number of nitrogens with two attached hydrogens (primary N) is 1. The van der Waals surface area contributed by atoms with Crippen LogP contribution in [-0.2, 0) is 14.1 Å². The minimum Gasteiger partial charge on any atom is -0.437 e. The summed E-state index contributed by atoms with van der Waals surface area (Å²) in [6, 6.07) is 0. The van der Waals surface area contributed by atoms with Crippen molar-refractivity contribution in [1.29, 1.82) is 0 Å². The Labute approximate surface area is 98.7 Å². The first kappa shape index (κ1) is 14.1. The number of carbonyl (C=O) groups is 2. The maximum atomic E-state index is 11.5. The van der Waals surface area contributed by atoms with Gasteiger partial charge < -0.3 is 10.3 Å². The van der Waals surface area contributed by atoms with E-state index in [-0.39, 0.29) is 18.3 Å². The molecule has 6 heteroatoms. The molecular formula is C8H15INO3P. The van der Waals surface area contributed by atoms with Gasteiger partial charge in [-0.3, -0.25) is 9.59 Å². The Morgan fingerprint density at radius 2 is 2.14 bits per heavy atom. The lowest BCUT2D eigenvalue weighted by Gasteiger charge is -2.18.